The van der Waals surface area contributed by atoms with Gasteiger partial charge in [-0.15, -0.1) is 11.3 Å². The van der Waals surface area contributed by atoms with Crippen molar-refractivity contribution in [2.24, 2.45) is 0 Å². The third-order valence-corrected chi connectivity index (χ3v) is 4.67. The number of rotatable bonds is 5. The number of imidazole rings is 1. The number of hydrogen-bond donors (Lipinski definition) is 1. The Hall–Kier alpha value is -1.82. The molecular weight excluding hydrogens is 288 g/mol. The van der Waals surface area contributed by atoms with Crippen molar-refractivity contribution in [1.82, 2.24) is 9.55 Å². The van der Waals surface area contributed by atoms with Crippen molar-refractivity contribution in [1.29, 1.82) is 0 Å². The van der Waals surface area contributed by atoms with E-state index in [1.807, 2.05) is 23.8 Å². The monoisotopic (exact) mass is 308 g/mol. The van der Waals surface area contributed by atoms with Crippen molar-refractivity contribution >= 4 is 17.3 Å². The maximum Gasteiger partial charge on any atom is 0.349 e. The number of thiophene rings is 1. The van der Waals surface area contributed by atoms with Gasteiger partial charge >= 0.3 is 5.97 Å². The van der Waals surface area contributed by atoms with Crippen LogP contribution in [-0.4, -0.2) is 27.2 Å². The molecule has 21 heavy (non-hydrogen) atoms. The lowest BCUT2D eigenvalue weighted by atomic mass is 9.95. The lowest BCUT2D eigenvalue weighted by Gasteiger charge is -2.15. The predicted octanol–water partition coefficient (Wildman–Crippen LogP) is 3.33. The van der Waals surface area contributed by atoms with Crippen molar-refractivity contribution in [2.75, 3.05) is 6.61 Å². The van der Waals surface area contributed by atoms with Crippen molar-refractivity contribution in [2.45, 2.75) is 39.7 Å². The molecule has 0 atom stereocenters. The Balaban J connectivity index is 2.10. The molecule has 2 heterocycles. The molecule has 0 radical (unpaired) electrons. The van der Waals surface area contributed by atoms with E-state index in [2.05, 4.69) is 25.8 Å². The summed E-state index contributed by atoms with van der Waals surface area (Å²) >= 11 is 1.28. The first-order chi connectivity index (χ1) is 9.79. The van der Waals surface area contributed by atoms with Gasteiger partial charge in [0.2, 0.25) is 0 Å². The summed E-state index contributed by atoms with van der Waals surface area (Å²) in [5.41, 5.74) is -0.0859. The van der Waals surface area contributed by atoms with E-state index < -0.39 is 5.97 Å². The second-order valence-corrected chi connectivity index (χ2v) is 6.93. The molecular formula is C15H20N2O3S. The molecule has 5 nitrogen and oxygen atoms in total. The van der Waals surface area contributed by atoms with E-state index in [4.69, 9.17) is 4.74 Å². The summed E-state index contributed by atoms with van der Waals surface area (Å²) in [4.78, 5) is 16.7. The standard InChI is InChI=1S/C15H20N2O3S/c1-10-16-5-6-17(10)7-8-20-11-9-12(15(2,3)4)21-13(11)14(18)19/h5-6,9H,7-8H2,1-4H3,(H,18,19). The van der Waals surface area contributed by atoms with Gasteiger partial charge in [0, 0.05) is 17.3 Å². The molecule has 1 N–H and O–H groups in total. The summed E-state index contributed by atoms with van der Waals surface area (Å²) in [7, 11) is 0. The van der Waals surface area contributed by atoms with Crippen LogP contribution < -0.4 is 4.74 Å². The van der Waals surface area contributed by atoms with E-state index in [1.54, 1.807) is 6.20 Å². The largest absolute Gasteiger partial charge is 0.490 e. The highest BCUT2D eigenvalue weighted by molar-refractivity contribution is 7.14. The van der Waals surface area contributed by atoms with Crippen LogP contribution in [0.2, 0.25) is 0 Å². The van der Waals surface area contributed by atoms with Crippen molar-refractivity contribution < 1.29 is 14.6 Å². The van der Waals surface area contributed by atoms with Gasteiger partial charge in [-0.05, 0) is 18.4 Å². The van der Waals surface area contributed by atoms with E-state index >= 15 is 0 Å². The van der Waals surface area contributed by atoms with Crippen molar-refractivity contribution in [3.63, 3.8) is 0 Å². The third-order valence-electron chi connectivity index (χ3n) is 3.14. The minimum Gasteiger partial charge on any atom is -0.490 e. The molecule has 0 amide bonds. The van der Waals surface area contributed by atoms with Gasteiger partial charge < -0.3 is 14.4 Å². The van der Waals surface area contributed by atoms with Crippen molar-refractivity contribution in [3.8, 4) is 5.75 Å². The van der Waals surface area contributed by atoms with Crippen molar-refractivity contribution in [3.05, 3.63) is 34.0 Å². The Kier molecular flexibility index (Phi) is 4.37. The van der Waals surface area contributed by atoms with Gasteiger partial charge in [-0.25, -0.2) is 9.78 Å². The summed E-state index contributed by atoms with van der Waals surface area (Å²) in [6.07, 6.45) is 3.62. The summed E-state index contributed by atoms with van der Waals surface area (Å²) in [6, 6.07) is 1.84. The van der Waals surface area contributed by atoms with Gasteiger partial charge in [0.1, 0.15) is 18.2 Å². The van der Waals surface area contributed by atoms with E-state index in [0.717, 1.165) is 10.7 Å². The highest BCUT2D eigenvalue weighted by Crippen LogP contribution is 2.36. The quantitative estimate of drug-likeness (QED) is 0.920. The van der Waals surface area contributed by atoms with E-state index in [9.17, 15) is 9.90 Å². The number of carboxylic acid groups (broad SMARTS) is 1. The molecule has 0 unspecified atom stereocenters. The lowest BCUT2D eigenvalue weighted by Crippen LogP contribution is -2.10. The maximum atomic E-state index is 11.3. The zero-order chi connectivity index (χ0) is 15.6. The third kappa shape index (κ3) is 3.64. The molecule has 0 aromatic carbocycles. The van der Waals surface area contributed by atoms with Gasteiger partial charge in [0.15, 0.2) is 4.88 Å². The minimum absolute atomic E-state index is 0.0859. The van der Waals surface area contributed by atoms with Crippen LogP contribution in [0.25, 0.3) is 0 Å². The van der Waals surface area contributed by atoms with Crippen LogP contribution in [0, 0.1) is 6.92 Å². The Bertz CT molecular complexity index is 638. The van der Waals surface area contributed by atoms with Gasteiger partial charge in [-0.2, -0.15) is 0 Å². The van der Waals surface area contributed by atoms with Crippen LogP contribution in [0.15, 0.2) is 18.5 Å². The summed E-state index contributed by atoms with van der Waals surface area (Å²) < 4.78 is 7.65. The van der Waals surface area contributed by atoms with Gasteiger partial charge in [0.05, 0.1) is 6.54 Å². The molecule has 2 aromatic heterocycles. The van der Waals surface area contributed by atoms with Crippen LogP contribution in [0.3, 0.4) is 0 Å². The first kappa shape index (κ1) is 15.6. The van der Waals surface area contributed by atoms with Crippen LogP contribution in [0.5, 0.6) is 5.75 Å². The molecule has 0 aliphatic rings. The van der Waals surface area contributed by atoms with Crippen LogP contribution in [0.4, 0.5) is 0 Å². The Morgan fingerprint density at radius 2 is 2.19 bits per heavy atom. The molecule has 0 spiro atoms. The zero-order valence-corrected chi connectivity index (χ0v) is 13.5. The molecule has 114 valence electrons. The fourth-order valence-corrected chi connectivity index (χ4v) is 2.89. The van der Waals surface area contributed by atoms with E-state index in [0.29, 0.717) is 18.9 Å². The Labute approximate surface area is 128 Å². The predicted molar refractivity (Wildman–Crippen MR) is 82.4 cm³/mol. The topological polar surface area (TPSA) is 64.4 Å². The first-order valence-corrected chi connectivity index (χ1v) is 7.59. The zero-order valence-electron chi connectivity index (χ0n) is 12.7. The SMILES string of the molecule is Cc1nccn1CCOc1cc(C(C)(C)C)sc1C(=O)O. The average molecular weight is 308 g/mol. The average Bonchev–Trinajstić information content (AvgIpc) is 2.96. The van der Waals surface area contributed by atoms with Gasteiger partial charge in [-0.3, -0.25) is 0 Å². The van der Waals surface area contributed by atoms with Gasteiger partial charge in [0.25, 0.3) is 0 Å². The minimum atomic E-state index is -0.940. The fourth-order valence-electron chi connectivity index (χ4n) is 1.89. The molecule has 6 heteroatoms. The molecule has 0 aliphatic heterocycles. The molecule has 2 rings (SSSR count). The number of aryl methyl sites for hydroxylation is 1. The number of carbonyl (C=O) groups is 1. The van der Waals surface area contributed by atoms with Crippen LogP contribution >= 0.6 is 11.3 Å². The van der Waals surface area contributed by atoms with E-state index in [1.165, 1.54) is 11.3 Å². The fraction of sp³-hybridized carbons (Fsp3) is 0.467. The smallest absolute Gasteiger partial charge is 0.349 e. The molecule has 0 bridgehead atoms. The summed E-state index contributed by atoms with van der Waals surface area (Å²) in [6.45, 7) is 9.16. The highest BCUT2D eigenvalue weighted by Gasteiger charge is 2.23. The van der Waals surface area contributed by atoms with E-state index in [-0.39, 0.29) is 10.3 Å². The molecule has 0 aliphatic carbocycles. The molecule has 2 aromatic rings. The van der Waals surface area contributed by atoms with Crippen LogP contribution in [-0.2, 0) is 12.0 Å². The Morgan fingerprint density at radius 1 is 1.48 bits per heavy atom. The van der Waals surface area contributed by atoms with Gasteiger partial charge in [-0.1, -0.05) is 20.8 Å². The number of aromatic nitrogens is 2. The maximum absolute atomic E-state index is 11.3. The lowest BCUT2D eigenvalue weighted by molar-refractivity contribution is 0.0698. The Morgan fingerprint density at radius 3 is 2.71 bits per heavy atom. The first-order valence-electron chi connectivity index (χ1n) is 6.77. The van der Waals surface area contributed by atoms with Crippen LogP contribution in [0.1, 0.15) is 41.1 Å². The number of carboxylic acids is 1. The second-order valence-electron chi connectivity index (χ2n) is 5.88. The molecule has 0 saturated heterocycles. The normalized spacial score (nSPS) is 11.6. The molecule has 0 saturated carbocycles. The number of nitrogens with zero attached hydrogens (tertiary/aromatic N) is 2. The number of ether oxygens (including phenoxy) is 1. The highest BCUT2D eigenvalue weighted by atomic mass is 32.1. The summed E-state index contributed by atoms with van der Waals surface area (Å²) in [5, 5.41) is 9.29. The number of hydrogen-bond acceptors (Lipinski definition) is 4. The number of aromatic carboxylic acids is 1. The second kappa shape index (κ2) is 5.89. The summed E-state index contributed by atoms with van der Waals surface area (Å²) in [5.74, 6) is 0.428. The molecule has 0 fully saturated rings.